The molecule has 0 radical (unpaired) electrons. The first-order chi connectivity index (χ1) is 7.68. The molecule has 3 nitrogen and oxygen atoms in total. The number of hydrogen-bond donors (Lipinski definition) is 1. The SMILES string of the molecule is CC(C)COC(=O)c1c[nH]c2ccccc12. The molecule has 0 atom stereocenters. The van der Waals surface area contributed by atoms with Crippen LogP contribution in [0.2, 0.25) is 0 Å². The minimum atomic E-state index is -0.258. The standard InChI is InChI=1S/C13H15NO2/c1-9(2)8-16-13(15)11-7-14-12-6-4-3-5-10(11)12/h3-7,9,14H,8H2,1-2H3. The van der Waals surface area contributed by atoms with Crippen molar-refractivity contribution in [3.63, 3.8) is 0 Å². The van der Waals surface area contributed by atoms with Crippen LogP contribution in [0.4, 0.5) is 0 Å². The highest BCUT2D eigenvalue weighted by Crippen LogP contribution is 2.18. The van der Waals surface area contributed by atoms with E-state index in [2.05, 4.69) is 4.98 Å². The molecule has 1 heterocycles. The molecule has 0 aliphatic rings. The number of H-pyrrole nitrogens is 1. The highest BCUT2D eigenvalue weighted by molar-refractivity contribution is 6.03. The van der Waals surface area contributed by atoms with Gasteiger partial charge in [-0.05, 0) is 12.0 Å². The molecule has 2 aromatic rings. The number of carbonyl (C=O) groups is 1. The Bertz CT molecular complexity index is 499. The summed E-state index contributed by atoms with van der Waals surface area (Å²) in [7, 11) is 0. The summed E-state index contributed by atoms with van der Waals surface area (Å²) < 4.78 is 5.20. The van der Waals surface area contributed by atoms with Crippen LogP contribution in [0.15, 0.2) is 30.5 Å². The van der Waals surface area contributed by atoms with E-state index >= 15 is 0 Å². The number of para-hydroxylation sites is 1. The van der Waals surface area contributed by atoms with Crippen LogP contribution >= 0.6 is 0 Å². The molecular weight excluding hydrogens is 202 g/mol. The third-order valence-corrected chi connectivity index (χ3v) is 2.36. The Balaban J connectivity index is 2.23. The van der Waals surface area contributed by atoms with Crippen LogP contribution in [-0.4, -0.2) is 17.6 Å². The number of esters is 1. The largest absolute Gasteiger partial charge is 0.462 e. The Morgan fingerprint density at radius 2 is 2.12 bits per heavy atom. The van der Waals surface area contributed by atoms with E-state index in [0.29, 0.717) is 18.1 Å². The smallest absolute Gasteiger partial charge is 0.340 e. The average molecular weight is 217 g/mol. The summed E-state index contributed by atoms with van der Waals surface area (Å²) in [4.78, 5) is 14.8. The van der Waals surface area contributed by atoms with Crippen molar-refractivity contribution in [3.05, 3.63) is 36.0 Å². The molecule has 0 saturated heterocycles. The molecule has 0 fully saturated rings. The van der Waals surface area contributed by atoms with E-state index < -0.39 is 0 Å². The van der Waals surface area contributed by atoms with Gasteiger partial charge in [-0.1, -0.05) is 32.0 Å². The molecule has 1 aromatic heterocycles. The fraction of sp³-hybridized carbons (Fsp3) is 0.308. The van der Waals surface area contributed by atoms with Gasteiger partial charge >= 0.3 is 5.97 Å². The highest BCUT2D eigenvalue weighted by Gasteiger charge is 2.13. The van der Waals surface area contributed by atoms with Gasteiger partial charge in [-0.25, -0.2) is 4.79 Å². The first-order valence-electron chi connectivity index (χ1n) is 5.41. The number of ether oxygens (including phenoxy) is 1. The predicted octanol–water partition coefficient (Wildman–Crippen LogP) is 2.98. The van der Waals surface area contributed by atoms with Crippen molar-refractivity contribution in [1.29, 1.82) is 0 Å². The first kappa shape index (κ1) is 10.7. The summed E-state index contributed by atoms with van der Waals surface area (Å²) in [5, 5.41) is 0.913. The highest BCUT2D eigenvalue weighted by atomic mass is 16.5. The number of benzene rings is 1. The third kappa shape index (κ3) is 2.08. The molecule has 1 N–H and O–H groups in total. The molecule has 3 heteroatoms. The zero-order chi connectivity index (χ0) is 11.5. The Hall–Kier alpha value is -1.77. The number of hydrogen-bond acceptors (Lipinski definition) is 2. The monoisotopic (exact) mass is 217 g/mol. The second-order valence-electron chi connectivity index (χ2n) is 4.24. The minimum absolute atomic E-state index is 0.258. The maximum absolute atomic E-state index is 11.8. The lowest BCUT2D eigenvalue weighted by atomic mass is 10.2. The molecule has 0 bridgehead atoms. The van der Waals surface area contributed by atoms with E-state index in [4.69, 9.17) is 4.74 Å². The van der Waals surface area contributed by atoms with Crippen molar-refractivity contribution in [2.75, 3.05) is 6.61 Å². The van der Waals surface area contributed by atoms with Gasteiger partial charge in [-0.2, -0.15) is 0 Å². The summed E-state index contributed by atoms with van der Waals surface area (Å²) in [6, 6.07) is 7.70. The normalized spacial score (nSPS) is 10.9. The summed E-state index contributed by atoms with van der Waals surface area (Å²) in [6.45, 7) is 4.49. The van der Waals surface area contributed by atoms with Crippen LogP contribution in [0.25, 0.3) is 10.9 Å². The van der Waals surface area contributed by atoms with Gasteiger partial charge in [0.2, 0.25) is 0 Å². The van der Waals surface area contributed by atoms with Crippen LogP contribution in [0.1, 0.15) is 24.2 Å². The Labute approximate surface area is 94.4 Å². The molecule has 16 heavy (non-hydrogen) atoms. The van der Waals surface area contributed by atoms with Crippen molar-refractivity contribution in [2.45, 2.75) is 13.8 Å². The van der Waals surface area contributed by atoms with Gasteiger partial charge in [0.25, 0.3) is 0 Å². The zero-order valence-corrected chi connectivity index (χ0v) is 9.49. The maximum atomic E-state index is 11.8. The van der Waals surface area contributed by atoms with Gasteiger partial charge in [0, 0.05) is 17.1 Å². The second kappa shape index (κ2) is 4.39. The van der Waals surface area contributed by atoms with Crippen LogP contribution in [0.5, 0.6) is 0 Å². The zero-order valence-electron chi connectivity index (χ0n) is 9.49. The van der Waals surface area contributed by atoms with Gasteiger partial charge in [0.05, 0.1) is 12.2 Å². The fourth-order valence-corrected chi connectivity index (χ4v) is 1.56. The summed E-state index contributed by atoms with van der Waals surface area (Å²) in [6.07, 6.45) is 1.70. The van der Waals surface area contributed by atoms with E-state index in [0.717, 1.165) is 10.9 Å². The molecule has 0 saturated carbocycles. The molecule has 84 valence electrons. The molecule has 2 rings (SSSR count). The number of nitrogens with one attached hydrogen (secondary N) is 1. The molecular formula is C13H15NO2. The van der Waals surface area contributed by atoms with E-state index in [9.17, 15) is 4.79 Å². The maximum Gasteiger partial charge on any atom is 0.340 e. The number of fused-ring (bicyclic) bond motifs is 1. The molecule has 1 aromatic carbocycles. The Kier molecular flexibility index (Phi) is 2.95. The minimum Gasteiger partial charge on any atom is -0.462 e. The molecule has 0 aliphatic heterocycles. The summed E-state index contributed by atoms with van der Waals surface area (Å²) in [5.74, 6) is 0.0975. The van der Waals surface area contributed by atoms with Crippen LogP contribution in [-0.2, 0) is 4.74 Å². The predicted molar refractivity (Wildman–Crippen MR) is 63.4 cm³/mol. The second-order valence-corrected chi connectivity index (χ2v) is 4.24. The van der Waals surface area contributed by atoms with Crippen molar-refractivity contribution in [1.82, 2.24) is 4.98 Å². The van der Waals surface area contributed by atoms with Gasteiger partial charge in [0.15, 0.2) is 0 Å². The lowest BCUT2D eigenvalue weighted by Crippen LogP contribution is -2.09. The average Bonchev–Trinajstić information content (AvgIpc) is 2.69. The topological polar surface area (TPSA) is 42.1 Å². The first-order valence-corrected chi connectivity index (χ1v) is 5.41. The van der Waals surface area contributed by atoms with Crippen LogP contribution in [0, 0.1) is 5.92 Å². The van der Waals surface area contributed by atoms with E-state index in [1.54, 1.807) is 6.20 Å². The van der Waals surface area contributed by atoms with E-state index in [1.165, 1.54) is 0 Å². The third-order valence-electron chi connectivity index (χ3n) is 2.36. The van der Waals surface area contributed by atoms with E-state index in [-0.39, 0.29) is 5.97 Å². The summed E-state index contributed by atoms with van der Waals surface area (Å²) in [5.41, 5.74) is 1.57. The molecule has 0 amide bonds. The van der Waals surface area contributed by atoms with Gasteiger partial charge < -0.3 is 9.72 Å². The van der Waals surface area contributed by atoms with Gasteiger partial charge in [0.1, 0.15) is 0 Å². The van der Waals surface area contributed by atoms with Gasteiger partial charge in [-0.3, -0.25) is 0 Å². The van der Waals surface area contributed by atoms with Crippen LogP contribution in [0.3, 0.4) is 0 Å². The van der Waals surface area contributed by atoms with Crippen molar-refractivity contribution in [3.8, 4) is 0 Å². The molecule has 0 spiro atoms. The lowest BCUT2D eigenvalue weighted by molar-refractivity contribution is 0.0461. The Morgan fingerprint density at radius 3 is 2.88 bits per heavy atom. The molecule has 0 aliphatic carbocycles. The van der Waals surface area contributed by atoms with Gasteiger partial charge in [-0.15, -0.1) is 0 Å². The van der Waals surface area contributed by atoms with Crippen LogP contribution < -0.4 is 0 Å². The van der Waals surface area contributed by atoms with Crippen molar-refractivity contribution in [2.24, 2.45) is 5.92 Å². The summed E-state index contributed by atoms with van der Waals surface area (Å²) >= 11 is 0. The lowest BCUT2D eigenvalue weighted by Gasteiger charge is -2.05. The van der Waals surface area contributed by atoms with E-state index in [1.807, 2.05) is 38.1 Å². The molecule has 0 unspecified atom stereocenters. The number of aromatic amines is 1. The number of aromatic nitrogens is 1. The van der Waals surface area contributed by atoms with Crippen molar-refractivity contribution < 1.29 is 9.53 Å². The Morgan fingerprint density at radius 1 is 1.38 bits per heavy atom. The number of carbonyl (C=O) groups excluding carboxylic acids is 1. The number of rotatable bonds is 3. The quantitative estimate of drug-likeness (QED) is 0.803. The van der Waals surface area contributed by atoms with Crippen molar-refractivity contribution >= 4 is 16.9 Å². The fourth-order valence-electron chi connectivity index (χ4n) is 1.56.